The number of rotatable bonds is 6. The monoisotopic (exact) mass is 452 g/mol. The molecular formula is C23H21ClN4O4. The maximum Gasteiger partial charge on any atom is 0.254 e. The molecule has 0 aliphatic carbocycles. The van der Waals surface area contributed by atoms with Crippen molar-refractivity contribution in [2.24, 2.45) is 0 Å². The molecule has 1 aliphatic rings. The van der Waals surface area contributed by atoms with E-state index in [1.165, 1.54) is 33.4 Å². The number of anilines is 1. The van der Waals surface area contributed by atoms with E-state index in [-0.39, 0.29) is 44.0 Å². The lowest BCUT2D eigenvalue weighted by molar-refractivity contribution is -0.132. The van der Waals surface area contributed by atoms with Crippen molar-refractivity contribution < 1.29 is 18.8 Å². The number of hydrogen-bond acceptors (Lipinski definition) is 5. The van der Waals surface area contributed by atoms with Crippen molar-refractivity contribution >= 4 is 35.0 Å². The number of halogens is 1. The molecule has 0 unspecified atom stereocenters. The van der Waals surface area contributed by atoms with Gasteiger partial charge in [-0.2, -0.15) is 0 Å². The highest BCUT2D eigenvalue weighted by Gasteiger charge is 2.34. The molecule has 0 atom stereocenters. The van der Waals surface area contributed by atoms with Gasteiger partial charge < -0.3 is 14.2 Å². The highest BCUT2D eigenvalue weighted by molar-refractivity contribution is 6.31. The highest BCUT2D eigenvalue weighted by Crippen LogP contribution is 2.28. The van der Waals surface area contributed by atoms with Gasteiger partial charge in [0.15, 0.2) is 0 Å². The summed E-state index contributed by atoms with van der Waals surface area (Å²) in [6.07, 6.45) is 4.55. The predicted octanol–water partition coefficient (Wildman–Crippen LogP) is 3.11. The van der Waals surface area contributed by atoms with Gasteiger partial charge in [0, 0.05) is 28.7 Å². The van der Waals surface area contributed by atoms with Gasteiger partial charge in [0.2, 0.25) is 11.8 Å². The number of pyridine rings is 1. The van der Waals surface area contributed by atoms with Gasteiger partial charge in [-0.05, 0) is 48.9 Å². The Morgan fingerprint density at radius 3 is 2.66 bits per heavy atom. The van der Waals surface area contributed by atoms with Crippen LogP contribution in [-0.4, -0.2) is 52.3 Å². The third-order valence-corrected chi connectivity index (χ3v) is 5.70. The van der Waals surface area contributed by atoms with Crippen LogP contribution < -0.4 is 4.90 Å². The molecule has 8 nitrogen and oxygen atoms in total. The molecular weight excluding hydrogens is 432 g/mol. The minimum absolute atomic E-state index is 0.0666. The molecule has 1 aromatic carbocycles. The normalized spacial score (nSPS) is 13.5. The van der Waals surface area contributed by atoms with Crippen LogP contribution in [0.1, 0.15) is 21.7 Å². The number of carbonyl (C=O) groups is 3. The first-order chi connectivity index (χ1) is 15.4. The fraction of sp³-hybridized carbons (Fsp3) is 0.217. The van der Waals surface area contributed by atoms with Crippen LogP contribution >= 0.6 is 11.6 Å². The van der Waals surface area contributed by atoms with Crippen LogP contribution in [0.25, 0.3) is 0 Å². The number of benzene rings is 1. The summed E-state index contributed by atoms with van der Waals surface area (Å²) in [5, 5.41) is 0.549. The first-order valence-corrected chi connectivity index (χ1v) is 10.4. The third kappa shape index (κ3) is 4.50. The maximum absolute atomic E-state index is 13.1. The van der Waals surface area contributed by atoms with E-state index in [0.717, 1.165) is 5.56 Å². The molecule has 0 radical (unpaired) electrons. The largest absolute Gasteiger partial charge is 0.467 e. The number of hydrogen-bond donors (Lipinski definition) is 0. The van der Waals surface area contributed by atoms with E-state index in [2.05, 4.69) is 4.98 Å². The molecule has 1 fully saturated rings. The van der Waals surface area contributed by atoms with Gasteiger partial charge in [-0.1, -0.05) is 17.7 Å². The van der Waals surface area contributed by atoms with Crippen LogP contribution in [0.3, 0.4) is 0 Å². The zero-order valence-corrected chi connectivity index (χ0v) is 18.2. The first kappa shape index (κ1) is 21.6. The lowest BCUT2D eigenvalue weighted by Gasteiger charge is -2.25. The van der Waals surface area contributed by atoms with E-state index in [1.807, 2.05) is 6.92 Å². The molecule has 3 aromatic rings. The highest BCUT2D eigenvalue weighted by atomic mass is 35.5. The summed E-state index contributed by atoms with van der Waals surface area (Å²) in [6.45, 7) is 1.78. The zero-order valence-electron chi connectivity index (χ0n) is 17.4. The summed E-state index contributed by atoms with van der Waals surface area (Å²) < 4.78 is 5.37. The summed E-state index contributed by atoms with van der Waals surface area (Å²) >= 11 is 6.19. The molecule has 0 spiro atoms. The van der Waals surface area contributed by atoms with Crippen molar-refractivity contribution in [1.82, 2.24) is 14.8 Å². The van der Waals surface area contributed by atoms with E-state index < -0.39 is 0 Å². The van der Waals surface area contributed by atoms with Gasteiger partial charge in [-0.3, -0.25) is 24.3 Å². The van der Waals surface area contributed by atoms with Crippen molar-refractivity contribution in [3.63, 3.8) is 0 Å². The van der Waals surface area contributed by atoms with Crippen molar-refractivity contribution in [2.45, 2.75) is 13.5 Å². The SMILES string of the molecule is Cc1c(Cl)cccc1N1CN(C(=O)CN(Cc2ccco2)C(=O)c2ccncc2)CC1=O. The van der Waals surface area contributed by atoms with Crippen molar-refractivity contribution in [3.8, 4) is 0 Å². The molecule has 2 aromatic heterocycles. The van der Waals surface area contributed by atoms with Crippen molar-refractivity contribution in [3.05, 3.63) is 83.0 Å². The van der Waals surface area contributed by atoms with Gasteiger partial charge in [-0.15, -0.1) is 0 Å². The van der Waals surface area contributed by atoms with Crippen molar-refractivity contribution in [1.29, 1.82) is 0 Å². The quantitative estimate of drug-likeness (QED) is 0.573. The molecule has 164 valence electrons. The maximum atomic E-state index is 13.1. The van der Waals surface area contributed by atoms with E-state index in [9.17, 15) is 14.4 Å². The van der Waals surface area contributed by atoms with Crippen LogP contribution in [-0.2, 0) is 16.1 Å². The molecule has 9 heteroatoms. The van der Waals surface area contributed by atoms with Crippen LogP contribution in [0.15, 0.2) is 65.5 Å². The molecule has 4 rings (SSSR count). The van der Waals surface area contributed by atoms with E-state index in [4.69, 9.17) is 16.0 Å². The summed E-state index contributed by atoms with van der Waals surface area (Å²) in [5.74, 6) is -0.324. The molecule has 32 heavy (non-hydrogen) atoms. The Hall–Kier alpha value is -3.65. The van der Waals surface area contributed by atoms with Crippen LogP contribution in [0.2, 0.25) is 5.02 Å². The third-order valence-electron chi connectivity index (χ3n) is 5.29. The first-order valence-electron chi connectivity index (χ1n) is 9.99. The Kier molecular flexibility index (Phi) is 6.23. The van der Waals surface area contributed by atoms with Crippen molar-refractivity contribution in [2.75, 3.05) is 24.7 Å². The van der Waals surface area contributed by atoms with Gasteiger partial charge in [-0.25, -0.2) is 0 Å². The summed E-state index contributed by atoms with van der Waals surface area (Å²) in [7, 11) is 0. The van der Waals surface area contributed by atoms with Gasteiger partial charge >= 0.3 is 0 Å². The molecule has 3 heterocycles. The van der Waals surface area contributed by atoms with Crippen LogP contribution in [0.5, 0.6) is 0 Å². The molecule has 1 saturated heterocycles. The topological polar surface area (TPSA) is 87.0 Å². The Bertz CT molecular complexity index is 1130. The fourth-order valence-electron chi connectivity index (χ4n) is 3.54. The second kappa shape index (κ2) is 9.23. The number of nitrogens with zero attached hydrogens (tertiary/aromatic N) is 4. The summed E-state index contributed by atoms with van der Waals surface area (Å²) in [4.78, 5) is 47.0. The smallest absolute Gasteiger partial charge is 0.254 e. The summed E-state index contributed by atoms with van der Waals surface area (Å²) in [5.41, 5.74) is 1.84. The molecule has 3 amide bonds. The van der Waals surface area contributed by atoms with Gasteiger partial charge in [0.1, 0.15) is 25.5 Å². The lowest BCUT2D eigenvalue weighted by Crippen LogP contribution is -2.42. The van der Waals surface area contributed by atoms with Crippen LogP contribution in [0.4, 0.5) is 5.69 Å². The zero-order chi connectivity index (χ0) is 22.7. The van der Waals surface area contributed by atoms with Gasteiger partial charge in [0.05, 0.1) is 12.8 Å². The number of aromatic nitrogens is 1. The predicted molar refractivity (Wildman–Crippen MR) is 118 cm³/mol. The minimum Gasteiger partial charge on any atom is -0.467 e. The second-order valence-electron chi connectivity index (χ2n) is 7.42. The molecule has 1 aliphatic heterocycles. The van der Waals surface area contributed by atoms with E-state index in [0.29, 0.717) is 22.0 Å². The number of furan rings is 1. The van der Waals surface area contributed by atoms with Crippen LogP contribution in [0, 0.1) is 6.92 Å². The lowest BCUT2D eigenvalue weighted by atomic mass is 10.2. The Morgan fingerprint density at radius 2 is 1.94 bits per heavy atom. The fourth-order valence-corrected chi connectivity index (χ4v) is 3.71. The average molecular weight is 453 g/mol. The van der Waals surface area contributed by atoms with E-state index in [1.54, 1.807) is 42.5 Å². The molecule has 0 saturated carbocycles. The van der Waals surface area contributed by atoms with E-state index >= 15 is 0 Å². The number of carbonyl (C=O) groups excluding carboxylic acids is 3. The molecule has 0 bridgehead atoms. The van der Waals surface area contributed by atoms with Gasteiger partial charge in [0.25, 0.3) is 5.91 Å². The Labute approximate surface area is 190 Å². The molecule has 0 N–H and O–H groups in total. The Morgan fingerprint density at radius 1 is 1.16 bits per heavy atom. The minimum atomic E-state index is -0.338. The standard InChI is InChI=1S/C23H21ClN4O4/c1-16-19(24)5-2-6-20(16)28-15-27(14-22(28)30)21(29)13-26(12-18-4-3-11-32-18)23(31)17-7-9-25-10-8-17/h2-11H,12-15H2,1H3. The average Bonchev–Trinajstić information content (AvgIpc) is 3.45. The second-order valence-corrected chi connectivity index (χ2v) is 7.82. The summed E-state index contributed by atoms with van der Waals surface area (Å²) in [6, 6.07) is 11.9. The number of amides is 3. The Balaban J connectivity index is 1.51.